The summed E-state index contributed by atoms with van der Waals surface area (Å²) < 4.78 is 0. The molecule has 5 heteroatoms. The third-order valence-electron chi connectivity index (χ3n) is 2.34. The Hall–Kier alpha value is -1.26. The van der Waals surface area contributed by atoms with Gasteiger partial charge in [-0.3, -0.25) is 4.79 Å². The monoisotopic (exact) mass is 227 g/mol. The van der Waals surface area contributed by atoms with E-state index in [-0.39, 0.29) is 11.9 Å². The Kier molecular flexibility index (Phi) is 5.67. The van der Waals surface area contributed by atoms with E-state index in [0.29, 0.717) is 32.0 Å². The number of carbonyl (C=O) groups excluding carboxylic acids is 2. The van der Waals surface area contributed by atoms with Crippen LogP contribution in [0.3, 0.4) is 0 Å². The molecular formula is C11H21N3O2. The molecule has 0 aromatic carbocycles. The highest BCUT2D eigenvalue weighted by Crippen LogP contribution is 2.18. The minimum Gasteiger partial charge on any atom is -0.353 e. The summed E-state index contributed by atoms with van der Waals surface area (Å²) in [4.78, 5) is 22.4. The fraction of sp³-hybridized carbons (Fsp3) is 0.818. The predicted molar refractivity (Wildman–Crippen MR) is 62.1 cm³/mol. The Balaban J connectivity index is 1.89. The van der Waals surface area contributed by atoms with Crippen LogP contribution in [-0.4, -0.2) is 31.1 Å². The smallest absolute Gasteiger partial charge is 0.314 e. The summed E-state index contributed by atoms with van der Waals surface area (Å²) in [7, 11) is 0. The van der Waals surface area contributed by atoms with E-state index in [9.17, 15) is 9.59 Å². The number of amides is 3. The van der Waals surface area contributed by atoms with Crippen LogP contribution in [-0.2, 0) is 4.79 Å². The highest BCUT2D eigenvalue weighted by molar-refractivity contribution is 5.76. The summed E-state index contributed by atoms with van der Waals surface area (Å²) in [5.41, 5.74) is 0. The number of urea groups is 1. The Morgan fingerprint density at radius 3 is 2.50 bits per heavy atom. The summed E-state index contributed by atoms with van der Waals surface area (Å²) in [5.74, 6) is 0.0956. The first-order chi connectivity index (χ1) is 7.72. The molecule has 0 atom stereocenters. The van der Waals surface area contributed by atoms with Crippen molar-refractivity contribution in [3.05, 3.63) is 0 Å². The zero-order valence-electron chi connectivity index (χ0n) is 9.84. The van der Waals surface area contributed by atoms with Crippen molar-refractivity contribution >= 4 is 11.9 Å². The quantitative estimate of drug-likeness (QED) is 0.562. The van der Waals surface area contributed by atoms with Crippen LogP contribution in [0.4, 0.5) is 4.79 Å². The molecule has 1 saturated carbocycles. The van der Waals surface area contributed by atoms with Crippen molar-refractivity contribution in [3.63, 3.8) is 0 Å². The lowest BCUT2D eigenvalue weighted by molar-refractivity contribution is -0.121. The van der Waals surface area contributed by atoms with Crippen LogP contribution < -0.4 is 16.0 Å². The molecule has 1 aliphatic carbocycles. The zero-order chi connectivity index (χ0) is 11.8. The molecule has 0 aromatic rings. The number of hydrogen-bond donors (Lipinski definition) is 3. The van der Waals surface area contributed by atoms with Crippen molar-refractivity contribution in [2.24, 2.45) is 0 Å². The lowest BCUT2D eigenvalue weighted by Crippen LogP contribution is -2.36. The third kappa shape index (κ3) is 6.27. The molecule has 0 heterocycles. The van der Waals surface area contributed by atoms with Crippen molar-refractivity contribution in [3.8, 4) is 0 Å². The summed E-state index contributed by atoms with van der Waals surface area (Å²) in [6.07, 6.45) is 4.34. The topological polar surface area (TPSA) is 70.2 Å². The van der Waals surface area contributed by atoms with E-state index in [1.807, 2.05) is 6.92 Å². The van der Waals surface area contributed by atoms with Gasteiger partial charge >= 0.3 is 6.03 Å². The fourth-order valence-corrected chi connectivity index (χ4v) is 1.28. The predicted octanol–water partition coefficient (Wildman–Crippen LogP) is 0.754. The maximum Gasteiger partial charge on any atom is 0.314 e. The SMILES string of the molecule is CCCNC(=O)NCCCC(=O)NC1CC1. The van der Waals surface area contributed by atoms with Gasteiger partial charge in [0, 0.05) is 25.6 Å². The van der Waals surface area contributed by atoms with Gasteiger partial charge in [0.2, 0.25) is 5.91 Å². The number of hydrogen-bond acceptors (Lipinski definition) is 2. The van der Waals surface area contributed by atoms with Crippen LogP contribution in [0.15, 0.2) is 0 Å². The van der Waals surface area contributed by atoms with Gasteiger partial charge in [0.25, 0.3) is 0 Å². The molecule has 0 spiro atoms. The second kappa shape index (κ2) is 7.09. The first-order valence-electron chi connectivity index (χ1n) is 6.03. The lowest BCUT2D eigenvalue weighted by atomic mass is 10.3. The van der Waals surface area contributed by atoms with Crippen LogP contribution in [0.1, 0.15) is 39.0 Å². The molecule has 1 rings (SSSR count). The number of nitrogens with one attached hydrogen (secondary N) is 3. The molecule has 1 fully saturated rings. The van der Waals surface area contributed by atoms with Gasteiger partial charge in [-0.2, -0.15) is 0 Å². The maximum absolute atomic E-state index is 11.3. The fourth-order valence-electron chi connectivity index (χ4n) is 1.28. The second-order valence-corrected chi connectivity index (χ2v) is 4.13. The summed E-state index contributed by atoms with van der Waals surface area (Å²) in [6, 6.07) is 0.276. The largest absolute Gasteiger partial charge is 0.353 e. The van der Waals surface area contributed by atoms with E-state index in [4.69, 9.17) is 0 Å². The van der Waals surface area contributed by atoms with Gasteiger partial charge in [-0.15, -0.1) is 0 Å². The summed E-state index contributed by atoms with van der Waals surface area (Å²) >= 11 is 0. The van der Waals surface area contributed by atoms with Gasteiger partial charge in [0.1, 0.15) is 0 Å². The Morgan fingerprint density at radius 1 is 1.19 bits per heavy atom. The van der Waals surface area contributed by atoms with Gasteiger partial charge in [0.15, 0.2) is 0 Å². The van der Waals surface area contributed by atoms with Crippen molar-refractivity contribution in [2.45, 2.75) is 45.1 Å². The Bertz CT molecular complexity index is 239. The molecular weight excluding hydrogens is 206 g/mol. The zero-order valence-corrected chi connectivity index (χ0v) is 9.84. The van der Waals surface area contributed by atoms with Gasteiger partial charge in [0.05, 0.1) is 0 Å². The normalized spacial score (nSPS) is 14.3. The Labute approximate surface area is 96.4 Å². The molecule has 92 valence electrons. The number of carbonyl (C=O) groups is 2. The molecule has 0 bridgehead atoms. The molecule has 16 heavy (non-hydrogen) atoms. The molecule has 1 aliphatic rings. The van der Waals surface area contributed by atoms with E-state index < -0.39 is 0 Å². The summed E-state index contributed by atoms with van der Waals surface area (Å²) in [6.45, 7) is 3.24. The minimum atomic E-state index is -0.149. The van der Waals surface area contributed by atoms with Crippen LogP contribution in [0.2, 0.25) is 0 Å². The third-order valence-corrected chi connectivity index (χ3v) is 2.34. The maximum atomic E-state index is 11.3. The average molecular weight is 227 g/mol. The first kappa shape index (κ1) is 12.8. The van der Waals surface area contributed by atoms with E-state index in [1.165, 1.54) is 0 Å². The van der Waals surface area contributed by atoms with Crippen molar-refractivity contribution < 1.29 is 9.59 Å². The Morgan fingerprint density at radius 2 is 1.88 bits per heavy atom. The first-order valence-corrected chi connectivity index (χ1v) is 6.03. The van der Waals surface area contributed by atoms with Gasteiger partial charge in [-0.25, -0.2) is 4.79 Å². The van der Waals surface area contributed by atoms with Gasteiger partial charge in [-0.05, 0) is 25.7 Å². The molecule has 0 aliphatic heterocycles. The highest BCUT2D eigenvalue weighted by atomic mass is 16.2. The molecule has 0 saturated heterocycles. The minimum absolute atomic E-state index is 0.0956. The summed E-state index contributed by atoms with van der Waals surface area (Å²) in [5, 5.41) is 8.33. The van der Waals surface area contributed by atoms with E-state index in [0.717, 1.165) is 19.3 Å². The second-order valence-electron chi connectivity index (χ2n) is 4.13. The molecule has 5 nitrogen and oxygen atoms in total. The molecule has 3 N–H and O–H groups in total. The van der Waals surface area contributed by atoms with Crippen LogP contribution in [0, 0.1) is 0 Å². The van der Waals surface area contributed by atoms with Gasteiger partial charge < -0.3 is 16.0 Å². The highest BCUT2D eigenvalue weighted by Gasteiger charge is 2.22. The molecule has 0 unspecified atom stereocenters. The molecule has 0 radical (unpaired) electrons. The van der Waals surface area contributed by atoms with E-state index >= 15 is 0 Å². The van der Waals surface area contributed by atoms with Crippen molar-refractivity contribution in [1.29, 1.82) is 0 Å². The van der Waals surface area contributed by atoms with E-state index in [1.54, 1.807) is 0 Å². The van der Waals surface area contributed by atoms with Crippen molar-refractivity contribution in [2.75, 3.05) is 13.1 Å². The molecule has 0 aromatic heterocycles. The van der Waals surface area contributed by atoms with Crippen LogP contribution in [0.25, 0.3) is 0 Å². The van der Waals surface area contributed by atoms with Crippen LogP contribution in [0.5, 0.6) is 0 Å². The number of rotatable bonds is 7. The van der Waals surface area contributed by atoms with Crippen molar-refractivity contribution in [1.82, 2.24) is 16.0 Å². The van der Waals surface area contributed by atoms with Gasteiger partial charge in [-0.1, -0.05) is 6.92 Å². The van der Waals surface area contributed by atoms with E-state index in [2.05, 4.69) is 16.0 Å². The molecule has 3 amide bonds. The van der Waals surface area contributed by atoms with Crippen LogP contribution >= 0.6 is 0 Å². The average Bonchev–Trinajstić information content (AvgIpc) is 3.05. The lowest BCUT2D eigenvalue weighted by Gasteiger charge is -2.06. The standard InChI is InChI=1S/C11H21N3O2/c1-2-7-12-11(16)13-8-3-4-10(15)14-9-5-6-9/h9H,2-8H2,1H3,(H,14,15)(H2,12,13,16).